The minimum Gasteiger partial charge on any atom is -0.311 e. The predicted octanol–water partition coefficient (Wildman–Crippen LogP) is 9.13. The van der Waals surface area contributed by atoms with Crippen LogP contribution in [0.1, 0.15) is 0 Å². The Kier molecular flexibility index (Phi) is 5.46. The van der Waals surface area contributed by atoms with Crippen LogP contribution < -0.4 is 0 Å². The van der Waals surface area contributed by atoms with Gasteiger partial charge in [-0.05, 0) is 41.8 Å². The van der Waals surface area contributed by atoms with Gasteiger partial charge in [-0.15, -0.1) is 0 Å². The van der Waals surface area contributed by atoms with Crippen LogP contribution in [-0.4, -0.2) is 14.5 Å². The molecule has 2 heterocycles. The summed E-state index contributed by atoms with van der Waals surface area (Å²) in [6.45, 7) is 8.10. The number of rotatable bonds is 4. The summed E-state index contributed by atoms with van der Waals surface area (Å²) in [5.74, 6) is 0.590. The highest BCUT2D eigenvalue weighted by Crippen LogP contribution is 2.41. The highest BCUT2D eigenvalue weighted by molar-refractivity contribution is 6.16. The fourth-order valence-corrected chi connectivity index (χ4v) is 5.24. The summed E-state index contributed by atoms with van der Waals surface area (Å²) in [5, 5.41) is 1.99. The second-order valence-corrected chi connectivity index (χ2v) is 9.38. The fraction of sp³-hybridized carbons (Fsp3) is 0. The highest BCUT2D eigenvalue weighted by Gasteiger charge is 2.19. The lowest BCUT2D eigenvalue weighted by atomic mass is 10.0. The molecule has 39 heavy (non-hydrogen) atoms. The number of nitrogens with zero attached hydrogens (tertiary/aromatic N) is 4. The van der Waals surface area contributed by atoms with Gasteiger partial charge < -0.3 is 4.57 Å². The number of hydrogen-bond acceptors (Lipinski definition) is 2. The van der Waals surface area contributed by atoms with Gasteiger partial charge in [0.2, 0.25) is 0 Å². The number of benzene rings is 5. The Morgan fingerprint density at radius 3 is 1.72 bits per heavy atom. The minimum absolute atomic E-state index is 0.586. The maximum Gasteiger partial charge on any atom is 0.197 e. The number of fused-ring (bicyclic) bond motifs is 3. The van der Waals surface area contributed by atoms with Crippen LogP contribution in [-0.2, 0) is 0 Å². The molecule has 4 nitrogen and oxygen atoms in total. The van der Waals surface area contributed by atoms with Crippen molar-refractivity contribution in [1.29, 1.82) is 0 Å². The second-order valence-electron chi connectivity index (χ2n) is 9.38. The molecule has 0 radical (unpaired) electrons. The molecule has 0 atom stereocenters. The van der Waals surface area contributed by atoms with Crippen LogP contribution >= 0.6 is 0 Å². The quantitative estimate of drug-likeness (QED) is 0.227. The fourth-order valence-electron chi connectivity index (χ4n) is 5.24. The molecule has 0 fully saturated rings. The molecule has 0 spiro atoms. The number of hydrogen-bond donors (Lipinski definition) is 0. The zero-order valence-corrected chi connectivity index (χ0v) is 21.0. The van der Waals surface area contributed by atoms with Gasteiger partial charge in [-0.1, -0.05) is 97.1 Å². The van der Waals surface area contributed by atoms with Gasteiger partial charge in [0.25, 0.3) is 0 Å². The Balaban J connectivity index is 1.54. The topological polar surface area (TPSA) is 35.1 Å². The molecule has 4 heteroatoms. The van der Waals surface area contributed by atoms with Crippen molar-refractivity contribution >= 4 is 27.5 Å². The molecule has 182 valence electrons. The summed E-state index contributed by atoms with van der Waals surface area (Å²) in [6, 6.07) is 44.9. The first-order chi connectivity index (χ1) is 19.3. The van der Waals surface area contributed by atoms with E-state index in [1.807, 2.05) is 78.9 Å². The molecular weight excluding hydrogens is 476 g/mol. The van der Waals surface area contributed by atoms with Gasteiger partial charge in [-0.25, -0.2) is 14.8 Å². The van der Waals surface area contributed by atoms with E-state index in [2.05, 4.69) is 64.0 Å². The van der Waals surface area contributed by atoms with Crippen molar-refractivity contribution in [3.05, 3.63) is 145 Å². The van der Waals surface area contributed by atoms with Gasteiger partial charge in [0.1, 0.15) is 0 Å². The minimum atomic E-state index is 0.586. The standard InChI is InChI=1S/C35H22N4/c1-36-31-21-26(22-33-34(31)28-19-11-12-20-32(28)39(33)27-17-9-4-10-18-27)35-37-29(24-13-5-2-6-14-24)23-30(38-35)25-15-7-3-8-16-25/h2-23H. The van der Waals surface area contributed by atoms with Crippen molar-refractivity contribution in [1.82, 2.24) is 14.5 Å². The molecule has 0 saturated heterocycles. The zero-order chi connectivity index (χ0) is 26.2. The van der Waals surface area contributed by atoms with E-state index in [9.17, 15) is 0 Å². The van der Waals surface area contributed by atoms with Crippen molar-refractivity contribution in [2.45, 2.75) is 0 Å². The average molecular weight is 499 g/mol. The maximum atomic E-state index is 8.10. The lowest BCUT2D eigenvalue weighted by Crippen LogP contribution is -1.97. The molecule has 0 aliphatic heterocycles. The molecule has 0 aliphatic carbocycles. The molecule has 0 saturated carbocycles. The van der Waals surface area contributed by atoms with Crippen molar-refractivity contribution in [3.8, 4) is 39.6 Å². The molecule has 0 unspecified atom stereocenters. The number of aromatic nitrogens is 3. The lowest BCUT2D eigenvalue weighted by Gasteiger charge is -2.11. The van der Waals surface area contributed by atoms with Crippen molar-refractivity contribution in [2.75, 3.05) is 0 Å². The molecule has 0 aliphatic rings. The normalized spacial score (nSPS) is 11.1. The maximum absolute atomic E-state index is 8.10. The first-order valence-corrected chi connectivity index (χ1v) is 12.8. The zero-order valence-electron chi connectivity index (χ0n) is 21.0. The molecule has 0 bridgehead atoms. The summed E-state index contributed by atoms with van der Waals surface area (Å²) in [5.41, 5.74) is 8.17. The van der Waals surface area contributed by atoms with Gasteiger partial charge >= 0.3 is 0 Å². The van der Waals surface area contributed by atoms with E-state index in [4.69, 9.17) is 16.5 Å². The van der Waals surface area contributed by atoms with Gasteiger partial charge in [-0.3, -0.25) is 0 Å². The largest absolute Gasteiger partial charge is 0.311 e. The summed E-state index contributed by atoms with van der Waals surface area (Å²) >= 11 is 0. The van der Waals surface area contributed by atoms with Crippen LogP contribution in [0.5, 0.6) is 0 Å². The van der Waals surface area contributed by atoms with E-state index in [1.54, 1.807) is 0 Å². The molecule has 7 rings (SSSR count). The Hall–Kier alpha value is -5.53. The van der Waals surface area contributed by atoms with E-state index < -0.39 is 0 Å². The molecule has 0 N–H and O–H groups in total. The Labute approximate surface area is 226 Å². The van der Waals surface area contributed by atoms with E-state index in [0.29, 0.717) is 11.5 Å². The monoisotopic (exact) mass is 498 g/mol. The number of para-hydroxylation sites is 2. The van der Waals surface area contributed by atoms with Crippen LogP contribution in [0.2, 0.25) is 0 Å². The van der Waals surface area contributed by atoms with E-state index in [-0.39, 0.29) is 0 Å². The van der Waals surface area contributed by atoms with Crippen molar-refractivity contribution in [2.24, 2.45) is 0 Å². The summed E-state index contributed by atoms with van der Waals surface area (Å²) in [4.78, 5) is 14.0. The summed E-state index contributed by atoms with van der Waals surface area (Å²) in [6.07, 6.45) is 0. The SMILES string of the molecule is [C-]#[N+]c1cc(-c2nc(-c3ccccc3)cc(-c3ccccc3)n2)cc2c1c1ccccc1n2-c1ccccc1. The average Bonchev–Trinajstić information content (AvgIpc) is 3.36. The van der Waals surface area contributed by atoms with Gasteiger partial charge in [0.15, 0.2) is 11.5 Å². The molecular formula is C35H22N4. The Morgan fingerprint density at radius 2 is 1.10 bits per heavy atom. The van der Waals surface area contributed by atoms with Crippen LogP contribution in [0.25, 0.3) is 66.2 Å². The summed E-state index contributed by atoms with van der Waals surface area (Å²) in [7, 11) is 0. The van der Waals surface area contributed by atoms with Crippen molar-refractivity contribution < 1.29 is 0 Å². The predicted molar refractivity (Wildman–Crippen MR) is 159 cm³/mol. The first-order valence-electron chi connectivity index (χ1n) is 12.8. The third kappa shape index (κ3) is 3.94. The first kappa shape index (κ1) is 22.7. The summed E-state index contributed by atoms with van der Waals surface area (Å²) < 4.78 is 2.22. The van der Waals surface area contributed by atoms with Crippen LogP contribution in [0, 0.1) is 6.57 Å². The van der Waals surface area contributed by atoms with Crippen molar-refractivity contribution in [3.63, 3.8) is 0 Å². The highest BCUT2D eigenvalue weighted by atomic mass is 15.0. The Morgan fingerprint density at radius 1 is 0.538 bits per heavy atom. The molecule has 2 aromatic heterocycles. The molecule has 5 aromatic carbocycles. The third-order valence-corrected chi connectivity index (χ3v) is 7.01. The van der Waals surface area contributed by atoms with Crippen LogP contribution in [0.15, 0.2) is 133 Å². The smallest absolute Gasteiger partial charge is 0.197 e. The van der Waals surface area contributed by atoms with E-state index >= 15 is 0 Å². The van der Waals surface area contributed by atoms with Crippen LogP contribution in [0.4, 0.5) is 5.69 Å². The molecule has 7 aromatic rings. The van der Waals surface area contributed by atoms with Gasteiger partial charge in [0.05, 0.1) is 23.5 Å². The van der Waals surface area contributed by atoms with Gasteiger partial charge in [-0.2, -0.15) is 0 Å². The molecule has 0 amide bonds. The second kappa shape index (κ2) is 9.41. The lowest BCUT2D eigenvalue weighted by molar-refractivity contribution is 1.17. The third-order valence-electron chi connectivity index (χ3n) is 7.01. The van der Waals surface area contributed by atoms with E-state index in [0.717, 1.165) is 55.6 Å². The van der Waals surface area contributed by atoms with Gasteiger partial charge in [0, 0.05) is 33.3 Å². The van der Waals surface area contributed by atoms with E-state index in [1.165, 1.54) is 0 Å². The Bertz CT molecular complexity index is 1940. The van der Waals surface area contributed by atoms with Crippen LogP contribution in [0.3, 0.4) is 0 Å².